The molecule has 0 aromatic carbocycles. The van der Waals surface area contributed by atoms with Gasteiger partial charge in [0.25, 0.3) is 0 Å². The molecule has 0 amide bonds. The van der Waals surface area contributed by atoms with Crippen LogP contribution in [0.3, 0.4) is 0 Å². The molecule has 1 aliphatic heterocycles. The zero-order valence-corrected chi connectivity index (χ0v) is 13.5. The summed E-state index contributed by atoms with van der Waals surface area (Å²) >= 11 is 0. The molecule has 0 aromatic heterocycles. The number of likely N-dealkylation sites (tertiary alicyclic amines) is 1. The first-order valence-corrected chi connectivity index (χ1v) is 7.58. The number of nitrogens with zero attached hydrogens (tertiary/aromatic N) is 1. The largest absolute Gasteiger partial charge is 0.481 e. The lowest BCUT2D eigenvalue weighted by molar-refractivity contribution is -0.149. The van der Waals surface area contributed by atoms with Crippen LogP contribution in [-0.2, 0) is 9.53 Å². The molecule has 1 saturated carbocycles. The van der Waals surface area contributed by atoms with Gasteiger partial charge in [0, 0.05) is 26.2 Å². The molecule has 118 valence electrons. The lowest BCUT2D eigenvalue weighted by Gasteiger charge is -2.23. The van der Waals surface area contributed by atoms with Gasteiger partial charge in [-0.15, -0.1) is 12.4 Å². The average Bonchev–Trinajstić information content (AvgIpc) is 2.85. The van der Waals surface area contributed by atoms with Crippen molar-refractivity contribution >= 4 is 18.4 Å². The van der Waals surface area contributed by atoms with Crippen LogP contribution in [0.15, 0.2) is 0 Å². The monoisotopic (exact) mass is 305 g/mol. The Balaban J connectivity index is 0.00000200. The zero-order valence-electron chi connectivity index (χ0n) is 12.6. The van der Waals surface area contributed by atoms with E-state index in [4.69, 9.17) is 4.74 Å². The summed E-state index contributed by atoms with van der Waals surface area (Å²) < 4.78 is 5.63. The van der Waals surface area contributed by atoms with Crippen LogP contribution in [0.1, 0.15) is 39.5 Å². The number of hydrogen-bond acceptors (Lipinski definition) is 3. The molecular formula is C15H28ClNO3. The van der Waals surface area contributed by atoms with E-state index in [1.807, 2.05) is 0 Å². The van der Waals surface area contributed by atoms with Crippen LogP contribution in [0.4, 0.5) is 0 Å². The van der Waals surface area contributed by atoms with Gasteiger partial charge in [0.05, 0.1) is 12.0 Å². The number of fused-ring (bicyclic) bond motifs is 1. The van der Waals surface area contributed by atoms with Crippen LogP contribution in [0.25, 0.3) is 0 Å². The smallest absolute Gasteiger partial charge is 0.311 e. The van der Waals surface area contributed by atoms with Crippen molar-refractivity contribution < 1.29 is 14.6 Å². The highest BCUT2D eigenvalue weighted by Gasteiger charge is 2.54. The molecule has 0 aromatic rings. The molecule has 1 saturated heterocycles. The Labute approximate surface area is 128 Å². The third-order valence-corrected chi connectivity index (χ3v) is 4.76. The fourth-order valence-corrected chi connectivity index (χ4v) is 3.53. The SMILES string of the molecule is CC(C)CCOCCN1C[C@@H]2CCC[C@@]2(C(=O)O)C1.Cl. The van der Waals surface area contributed by atoms with Gasteiger partial charge in [0.2, 0.25) is 0 Å². The summed E-state index contributed by atoms with van der Waals surface area (Å²) in [6.07, 6.45) is 4.12. The van der Waals surface area contributed by atoms with Crippen molar-refractivity contribution in [1.82, 2.24) is 4.90 Å². The normalized spacial score (nSPS) is 29.4. The lowest BCUT2D eigenvalue weighted by Crippen LogP contribution is -2.36. The first kappa shape index (κ1) is 17.7. The molecule has 4 nitrogen and oxygen atoms in total. The van der Waals surface area contributed by atoms with Crippen molar-refractivity contribution in [3.8, 4) is 0 Å². The van der Waals surface area contributed by atoms with Crippen molar-refractivity contribution in [1.29, 1.82) is 0 Å². The van der Waals surface area contributed by atoms with Gasteiger partial charge in [-0.05, 0) is 31.1 Å². The maximum atomic E-state index is 11.5. The number of rotatable bonds is 7. The highest BCUT2D eigenvalue weighted by atomic mass is 35.5. The molecular weight excluding hydrogens is 278 g/mol. The summed E-state index contributed by atoms with van der Waals surface area (Å²) in [6.45, 7) is 8.49. The topological polar surface area (TPSA) is 49.8 Å². The highest BCUT2D eigenvalue weighted by molar-refractivity contribution is 5.85. The van der Waals surface area contributed by atoms with Crippen molar-refractivity contribution in [3.05, 3.63) is 0 Å². The molecule has 2 rings (SSSR count). The molecule has 2 atom stereocenters. The zero-order chi connectivity index (χ0) is 13.9. The molecule has 20 heavy (non-hydrogen) atoms. The maximum absolute atomic E-state index is 11.5. The van der Waals surface area contributed by atoms with Crippen LogP contribution in [-0.4, -0.2) is 48.8 Å². The van der Waals surface area contributed by atoms with Gasteiger partial charge >= 0.3 is 5.97 Å². The van der Waals surface area contributed by atoms with Gasteiger partial charge in [-0.2, -0.15) is 0 Å². The number of carboxylic acids is 1. The molecule has 2 aliphatic rings. The Bertz CT molecular complexity index is 324. The van der Waals surface area contributed by atoms with Crippen LogP contribution >= 0.6 is 12.4 Å². The van der Waals surface area contributed by atoms with Gasteiger partial charge in [-0.25, -0.2) is 0 Å². The number of aliphatic carboxylic acids is 1. The molecule has 0 unspecified atom stereocenters. The van der Waals surface area contributed by atoms with Gasteiger partial charge in [0.15, 0.2) is 0 Å². The summed E-state index contributed by atoms with van der Waals surface area (Å²) in [7, 11) is 0. The Morgan fingerprint density at radius 1 is 1.45 bits per heavy atom. The first-order valence-electron chi connectivity index (χ1n) is 7.58. The van der Waals surface area contributed by atoms with Gasteiger partial charge in [0.1, 0.15) is 0 Å². The maximum Gasteiger partial charge on any atom is 0.311 e. The second kappa shape index (κ2) is 7.62. The predicted molar refractivity (Wildman–Crippen MR) is 81.4 cm³/mol. The van der Waals surface area contributed by atoms with Crippen molar-refractivity contribution in [3.63, 3.8) is 0 Å². The van der Waals surface area contributed by atoms with E-state index in [0.29, 0.717) is 11.8 Å². The summed E-state index contributed by atoms with van der Waals surface area (Å²) in [5.74, 6) is 0.459. The molecule has 1 N–H and O–H groups in total. The van der Waals surface area contributed by atoms with E-state index in [2.05, 4.69) is 18.7 Å². The van der Waals surface area contributed by atoms with E-state index in [9.17, 15) is 9.90 Å². The minimum absolute atomic E-state index is 0. The summed E-state index contributed by atoms with van der Waals surface area (Å²) in [6, 6.07) is 0. The van der Waals surface area contributed by atoms with E-state index in [0.717, 1.165) is 58.5 Å². The molecule has 1 heterocycles. The number of carboxylic acid groups (broad SMARTS) is 1. The fourth-order valence-electron chi connectivity index (χ4n) is 3.53. The van der Waals surface area contributed by atoms with E-state index in [1.54, 1.807) is 0 Å². The Hall–Kier alpha value is -0.320. The fraction of sp³-hybridized carbons (Fsp3) is 0.933. The summed E-state index contributed by atoms with van der Waals surface area (Å²) in [4.78, 5) is 13.8. The third kappa shape index (κ3) is 3.86. The van der Waals surface area contributed by atoms with Gasteiger partial charge in [-0.1, -0.05) is 20.3 Å². The van der Waals surface area contributed by atoms with Crippen LogP contribution in [0, 0.1) is 17.3 Å². The average molecular weight is 306 g/mol. The van der Waals surface area contributed by atoms with E-state index in [-0.39, 0.29) is 12.4 Å². The Kier molecular flexibility index (Phi) is 6.76. The highest BCUT2D eigenvalue weighted by Crippen LogP contribution is 2.48. The van der Waals surface area contributed by atoms with Crippen LogP contribution < -0.4 is 0 Å². The van der Waals surface area contributed by atoms with Crippen molar-refractivity contribution in [2.24, 2.45) is 17.3 Å². The Morgan fingerprint density at radius 2 is 2.20 bits per heavy atom. The summed E-state index contributed by atoms with van der Waals surface area (Å²) in [5.41, 5.74) is -0.446. The third-order valence-electron chi connectivity index (χ3n) is 4.76. The molecule has 0 spiro atoms. The van der Waals surface area contributed by atoms with Crippen LogP contribution in [0.2, 0.25) is 0 Å². The Morgan fingerprint density at radius 3 is 2.80 bits per heavy atom. The minimum Gasteiger partial charge on any atom is -0.481 e. The standard InChI is InChI=1S/C15H27NO3.ClH/c1-12(2)5-8-19-9-7-16-10-13-4-3-6-15(13,11-16)14(17)18;/h12-13H,3-11H2,1-2H3,(H,17,18);1H/t13-,15+;/m0./s1. The minimum atomic E-state index is -0.585. The number of ether oxygens (including phenoxy) is 1. The first-order chi connectivity index (χ1) is 9.04. The van der Waals surface area contributed by atoms with E-state index >= 15 is 0 Å². The predicted octanol–water partition coefficient (Wildman–Crippen LogP) is 2.66. The van der Waals surface area contributed by atoms with Crippen LogP contribution in [0.5, 0.6) is 0 Å². The molecule has 5 heteroatoms. The number of halogens is 1. The van der Waals surface area contributed by atoms with E-state index in [1.165, 1.54) is 0 Å². The van der Waals surface area contributed by atoms with Crippen molar-refractivity contribution in [2.45, 2.75) is 39.5 Å². The second-order valence-corrected chi connectivity index (χ2v) is 6.58. The second-order valence-electron chi connectivity index (χ2n) is 6.58. The number of hydrogen-bond donors (Lipinski definition) is 1. The van der Waals surface area contributed by atoms with Gasteiger partial charge in [-0.3, -0.25) is 9.69 Å². The number of carbonyl (C=O) groups is 1. The molecule has 0 radical (unpaired) electrons. The molecule has 1 aliphatic carbocycles. The van der Waals surface area contributed by atoms with Crippen molar-refractivity contribution in [2.75, 3.05) is 32.8 Å². The lowest BCUT2D eigenvalue weighted by atomic mass is 9.81. The molecule has 2 fully saturated rings. The summed E-state index contributed by atoms with van der Waals surface area (Å²) in [5, 5.41) is 9.50. The van der Waals surface area contributed by atoms with E-state index < -0.39 is 11.4 Å². The quantitative estimate of drug-likeness (QED) is 0.735. The molecule has 0 bridgehead atoms. The van der Waals surface area contributed by atoms with Gasteiger partial charge < -0.3 is 9.84 Å².